The molecule has 7 nitrogen and oxygen atoms in total. The van der Waals surface area contributed by atoms with Crippen LogP contribution in [-0.4, -0.2) is 52.7 Å². The summed E-state index contributed by atoms with van der Waals surface area (Å²) in [6.45, 7) is 2.03. The lowest BCUT2D eigenvalue weighted by Gasteiger charge is -2.35. The van der Waals surface area contributed by atoms with Gasteiger partial charge in [-0.1, -0.05) is 12.1 Å². The van der Waals surface area contributed by atoms with Gasteiger partial charge in [-0.15, -0.1) is 0 Å². The van der Waals surface area contributed by atoms with Crippen molar-refractivity contribution >= 4 is 17.9 Å². The lowest BCUT2D eigenvalue weighted by Crippen LogP contribution is -2.50. The van der Waals surface area contributed by atoms with Crippen molar-refractivity contribution in [1.82, 2.24) is 10.2 Å². The fourth-order valence-corrected chi connectivity index (χ4v) is 3.18. The Morgan fingerprint density at radius 2 is 1.87 bits per heavy atom. The van der Waals surface area contributed by atoms with E-state index in [0.717, 1.165) is 0 Å². The highest BCUT2D eigenvalue weighted by Crippen LogP contribution is 2.28. The maximum atomic E-state index is 12.5. The second-order valence-electron chi connectivity index (χ2n) is 5.86. The molecule has 0 saturated carbocycles. The fourth-order valence-electron chi connectivity index (χ4n) is 3.18. The van der Waals surface area contributed by atoms with Gasteiger partial charge in [0.05, 0.1) is 35.9 Å². The molecule has 1 fully saturated rings. The van der Waals surface area contributed by atoms with Crippen LogP contribution >= 0.6 is 0 Å². The molecule has 7 heteroatoms. The maximum Gasteiger partial charge on any atom is 0.404 e. The van der Waals surface area contributed by atoms with Crippen LogP contribution in [-0.2, 0) is 4.74 Å². The van der Waals surface area contributed by atoms with Crippen molar-refractivity contribution in [3.05, 3.63) is 35.4 Å². The van der Waals surface area contributed by atoms with Crippen molar-refractivity contribution in [2.45, 2.75) is 38.0 Å². The molecule has 1 unspecified atom stereocenters. The molecule has 1 aromatic carbocycles. The van der Waals surface area contributed by atoms with Crippen molar-refractivity contribution in [2.75, 3.05) is 6.61 Å². The SMILES string of the molecule is CC([C@@H]1CC[C@@H](NC(=O)O)CO1)N1C(=O)c2ccccc2C1=O. The van der Waals surface area contributed by atoms with Gasteiger partial charge in [0, 0.05) is 0 Å². The van der Waals surface area contributed by atoms with E-state index in [1.165, 1.54) is 4.90 Å². The number of hydrogen-bond acceptors (Lipinski definition) is 4. The minimum absolute atomic E-state index is 0.241. The molecule has 0 bridgehead atoms. The van der Waals surface area contributed by atoms with Gasteiger partial charge in [-0.2, -0.15) is 0 Å². The summed E-state index contributed by atoms with van der Waals surface area (Å²) in [7, 11) is 0. The monoisotopic (exact) mass is 318 g/mol. The van der Waals surface area contributed by atoms with Gasteiger partial charge >= 0.3 is 6.09 Å². The number of hydrogen-bond donors (Lipinski definition) is 2. The molecule has 2 heterocycles. The van der Waals surface area contributed by atoms with E-state index in [4.69, 9.17) is 9.84 Å². The first-order chi connectivity index (χ1) is 11.0. The molecule has 0 spiro atoms. The summed E-state index contributed by atoms with van der Waals surface area (Å²) in [5, 5.41) is 11.1. The molecule has 2 N–H and O–H groups in total. The first-order valence-electron chi connectivity index (χ1n) is 7.57. The van der Waals surface area contributed by atoms with E-state index in [-0.39, 0.29) is 30.6 Å². The van der Waals surface area contributed by atoms with Crippen LogP contribution in [0.25, 0.3) is 0 Å². The maximum absolute atomic E-state index is 12.5. The molecule has 0 radical (unpaired) electrons. The van der Waals surface area contributed by atoms with E-state index >= 15 is 0 Å². The highest BCUT2D eigenvalue weighted by Gasteiger charge is 2.41. The quantitative estimate of drug-likeness (QED) is 0.823. The molecule has 1 saturated heterocycles. The zero-order valence-corrected chi connectivity index (χ0v) is 12.7. The summed E-state index contributed by atoms with van der Waals surface area (Å²) >= 11 is 0. The van der Waals surface area contributed by atoms with Gasteiger partial charge in [0.15, 0.2) is 0 Å². The number of carbonyl (C=O) groups excluding carboxylic acids is 2. The molecule has 122 valence electrons. The highest BCUT2D eigenvalue weighted by atomic mass is 16.5. The van der Waals surface area contributed by atoms with Gasteiger partial charge in [-0.05, 0) is 31.9 Å². The van der Waals surface area contributed by atoms with E-state index in [1.807, 2.05) is 0 Å². The third kappa shape index (κ3) is 2.79. The van der Waals surface area contributed by atoms with Crippen LogP contribution in [0.2, 0.25) is 0 Å². The van der Waals surface area contributed by atoms with Gasteiger partial charge in [-0.3, -0.25) is 14.5 Å². The largest absolute Gasteiger partial charge is 0.465 e. The Morgan fingerprint density at radius 3 is 2.35 bits per heavy atom. The van der Waals surface area contributed by atoms with Gasteiger partial charge < -0.3 is 15.2 Å². The van der Waals surface area contributed by atoms with Crippen LogP contribution in [0.3, 0.4) is 0 Å². The molecule has 3 rings (SSSR count). The van der Waals surface area contributed by atoms with Crippen molar-refractivity contribution in [1.29, 1.82) is 0 Å². The van der Waals surface area contributed by atoms with E-state index in [0.29, 0.717) is 24.0 Å². The molecule has 0 aromatic heterocycles. The summed E-state index contributed by atoms with van der Waals surface area (Å²) in [6.07, 6.45) is -0.168. The van der Waals surface area contributed by atoms with Crippen LogP contribution in [0.1, 0.15) is 40.5 Å². The number of carboxylic acid groups (broad SMARTS) is 1. The van der Waals surface area contributed by atoms with Crippen molar-refractivity contribution in [3.8, 4) is 0 Å². The number of fused-ring (bicyclic) bond motifs is 1. The smallest absolute Gasteiger partial charge is 0.404 e. The molecule has 1 aromatic rings. The third-order valence-corrected chi connectivity index (χ3v) is 4.41. The number of nitrogens with zero attached hydrogens (tertiary/aromatic N) is 1. The van der Waals surface area contributed by atoms with Crippen molar-refractivity contribution < 1.29 is 24.2 Å². The van der Waals surface area contributed by atoms with Crippen LogP contribution in [0, 0.1) is 0 Å². The van der Waals surface area contributed by atoms with E-state index in [2.05, 4.69) is 5.32 Å². The lowest BCUT2D eigenvalue weighted by atomic mass is 9.99. The van der Waals surface area contributed by atoms with Crippen LogP contribution in [0.4, 0.5) is 4.79 Å². The minimum atomic E-state index is -1.08. The van der Waals surface area contributed by atoms with E-state index < -0.39 is 12.1 Å². The summed E-state index contributed by atoms with van der Waals surface area (Å²) in [4.78, 5) is 36.8. The summed E-state index contributed by atoms with van der Waals surface area (Å²) in [5.41, 5.74) is 0.844. The minimum Gasteiger partial charge on any atom is -0.465 e. The van der Waals surface area contributed by atoms with Gasteiger partial charge in [0.2, 0.25) is 0 Å². The molecule has 0 aliphatic carbocycles. The Balaban J connectivity index is 1.68. The first kappa shape index (κ1) is 15.5. The number of amides is 3. The Bertz CT molecular complexity index is 617. The van der Waals surface area contributed by atoms with Gasteiger partial charge in [0.1, 0.15) is 0 Å². The zero-order valence-electron chi connectivity index (χ0n) is 12.7. The van der Waals surface area contributed by atoms with E-state index in [9.17, 15) is 14.4 Å². The third-order valence-electron chi connectivity index (χ3n) is 4.41. The fraction of sp³-hybridized carbons (Fsp3) is 0.438. The van der Waals surface area contributed by atoms with Gasteiger partial charge in [0.25, 0.3) is 11.8 Å². The van der Waals surface area contributed by atoms with Crippen molar-refractivity contribution in [3.63, 3.8) is 0 Å². The molecule has 23 heavy (non-hydrogen) atoms. The Hall–Kier alpha value is -2.41. The Morgan fingerprint density at radius 1 is 1.26 bits per heavy atom. The van der Waals surface area contributed by atoms with Gasteiger partial charge in [-0.25, -0.2) is 4.79 Å². The predicted molar refractivity (Wildman–Crippen MR) is 80.3 cm³/mol. The average Bonchev–Trinajstić information content (AvgIpc) is 2.79. The van der Waals surface area contributed by atoms with Crippen LogP contribution in [0.5, 0.6) is 0 Å². The predicted octanol–water partition coefficient (Wildman–Crippen LogP) is 1.49. The number of imide groups is 1. The molecule has 2 aliphatic rings. The number of nitrogens with one attached hydrogen (secondary N) is 1. The molecule has 3 atom stereocenters. The number of rotatable bonds is 3. The van der Waals surface area contributed by atoms with Crippen LogP contribution in [0.15, 0.2) is 24.3 Å². The number of benzene rings is 1. The lowest BCUT2D eigenvalue weighted by molar-refractivity contribution is -0.0374. The summed E-state index contributed by atoms with van der Waals surface area (Å²) < 4.78 is 5.69. The average molecular weight is 318 g/mol. The molecule has 3 amide bonds. The zero-order chi connectivity index (χ0) is 16.6. The van der Waals surface area contributed by atoms with Crippen LogP contribution < -0.4 is 5.32 Å². The highest BCUT2D eigenvalue weighted by molar-refractivity contribution is 6.21. The van der Waals surface area contributed by atoms with Crippen molar-refractivity contribution in [2.24, 2.45) is 0 Å². The number of carbonyl (C=O) groups is 3. The number of ether oxygens (including phenoxy) is 1. The molecular weight excluding hydrogens is 300 g/mol. The second kappa shape index (κ2) is 6.00. The first-order valence-corrected chi connectivity index (χ1v) is 7.57. The summed E-state index contributed by atoms with van der Waals surface area (Å²) in [5.74, 6) is -0.597. The topological polar surface area (TPSA) is 95.9 Å². The summed E-state index contributed by atoms with van der Waals surface area (Å²) in [6, 6.07) is 6.12. The Kier molecular flexibility index (Phi) is 4.04. The normalized spacial score (nSPS) is 25.2. The molecular formula is C16H18N2O5. The van der Waals surface area contributed by atoms with E-state index in [1.54, 1.807) is 31.2 Å². The molecule has 2 aliphatic heterocycles. The second-order valence-corrected chi connectivity index (χ2v) is 5.86. The standard InChI is InChI=1S/C16H18N2O5/c1-9(13-7-6-10(8-23-13)17-16(21)22)18-14(19)11-4-2-3-5-12(11)15(18)20/h2-5,9-10,13,17H,6-8H2,1H3,(H,21,22)/t9?,10-,13+/m1/s1. The Labute approximate surface area is 133 Å².